The fraction of sp³-hybridized carbons (Fsp3) is 0.385. The Balaban J connectivity index is 2.22. The summed E-state index contributed by atoms with van der Waals surface area (Å²) in [6.07, 6.45) is 0.725. The van der Waals surface area contributed by atoms with Gasteiger partial charge in [-0.15, -0.1) is 0 Å². The lowest BCUT2D eigenvalue weighted by molar-refractivity contribution is 0.0925. The Bertz CT molecular complexity index is 518. The molecule has 0 aromatic heterocycles. The van der Waals surface area contributed by atoms with Gasteiger partial charge in [0.15, 0.2) is 0 Å². The molecule has 1 aliphatic rings. The summed E-state index contributed by atoms with van der Waals surface area (Å²) in [5.41, 5.74) is 1.05. The van der Waals surface area contributed by atoms with Gasteiger partial charge in [0, 0.05) is 9.32 Å². The molecule has 1 unspecified atom stereocenters. The van der Waals surface area contributed by atoms with Gasteiger partial charge in [-0.2, -0.15) is 17.0 Å². The van der Waals surface area contributed by atoms with Crippen LogP contribution in [0, 0.1) is 21.8 Å². The topological polar surface area (TPSA) is 52.9 Å². The molecule has 1 saturated heterocycles. The van der Waals surface area contributed by atoms with Crippen LogP contribution < -0.4 is 5.32 Å². The lowest BCUT2D eigenvalue weighted by Crippen LogP contribution is -2.47. The fourth-order valence-corrected chi connectivity index (χ4v) is 3.76. The van der Waals surface area contributed by atoms with Crippen LogP contribution in [0.4, 0.5) is 0 Å². The molecular weight excluding hydrogens is 359 g/mol. The van der Waals surface area contributed by atoms with Crippen molar-refractivity contribution in [2.24, 2.45) is 0 Å². The molecule has 0 radical (unpaired) electrons. The van der Waals surface area contributed by atoms with Gasteiger partial charge in [0.2, 0.25) is 0 Å². The van der Waals surface area contributed by atoms with Crippen LogP contribution in [0.1, 0.15) is 22.3 Å². The minimum atomic E-state index is -0.686. The van der Waals surface area contributed by atoms with Gasteiger partial charge in [-0.1, -0.05) is 12.1 Å². The van der Waals surface area contributed by atoms with Crippen molar-refractivity contribution in [1.82, 2.24) is 5.32 Å². The zero-order valence-electron chi connectivity index (χ0n) is 10.00. The Labute approximate surface area is 124 Å². The van der Waals surface area contributed by atoms with E-state index in [0.717, 1.165) is 21.3 Å². The number of benzene rings is 1. The van der Waals surface area contributed by atoms with Crippen molar-refractivity contribution in [2.45, 2.75) is 18.9 Å². The summed E-state index contributed by atoms with van der Waals surface area (Å²) in [4.78, 5) is 12.3. The van der Waals surface area contributed by atoms with Gasteiger partial charge in [0.25, 0.3) is 5.91 Å². The van der Waals surface area contributed by atoms with Crippen LogP contribution in [0.2, 0.25) is 0 Å². The highest BCUT2D eigenvalue weighted by Crippen LogP contribution is 2.28. The minimum Gasteiger partial charge on any atom is -0.333 e. The van der Waals surface area contributed by atoms with Gasteiger partial charge in [-0.3, -0.25) is 4.79 Å². The Morgan fingerprint density at radius 1 is 1.61 bits per heavy atom. The molecule has 1 aromatic carbocycles. The second-order valence-electron chi connectivity index (χ2n) is 4.39. The Morgan fingerprint density at radius 2 is 2.39 bits per heavy atom. The predicted octanol–water partition coefficient (Wildman–Crippen LogP) is 2.73. The molecule has 0 aliphatic carbocycles. The van der Waals surface area contributed by atoms with Crippen LogP contribution in [0.3, 0.4) is 0 Å². The number of nitrogens with one attached hydrogen (secondary N) is 1. The van der Waals surface area contributed by atoms with Crippen molar-refractivity contribution in [1.29, 1.82) is 5.26 Å². The standard InChI is InChI=1S/C13H13IN2OS/c1-9-3-2-4-10(11(9)14)12(17)16-13(7-15)5-6-18-8-13/h2-4H,5-6,8H2,1H3,(H,16,17). The molecule has 5 heteroatoms. The number of nitrogens with zero attached hydrogens (tertiary/aromatic N) is 1. The first-order chi connectivity index (χ1) is 8.58. The van der Waals surface area contributed by atoms with Gasteiger partial charge in [0.1, 0.15) is 5.54 Å². The highest BCUT2D eigenvalue weighted by atomic mass is 127. The third kappa shape index (κ3) is 2.64. The monoisotopic (exact) mass is 372 g/mol. The molecule has 1 fully saturated rings. The number of hydrogen-bond acceptors (Lipinski definition) is 3. The van der Waals surface area contributed by atoms with Crippen molar-refractivity contribution in [2.75, 3.05) is 11.5 Å². The van der Waals surface area contributed by atoms with Gasteiger partial charge < -0.3 is 5.32 Å². The maximum absolute atomic E-state index is 12.3. The number of halogens is 1. The van der Waals surface area contributed by atoms with E-state index in [0.29, 0.717) is 11.3 Å². The van der Waals surface area contributed by atoms with Gasteiger partial charge in [-0.05, 0) is 53.3 Å². The SMILES string of the molecule is Cc1cccc(C(=O)NC2(C#N)CCSC2)c1I. The van der Waals surface area contributed by atoms with E-state index in [9.17, 15) is 10.1 Å². The summed E-state index contributed by atoms with van der Waals surface area (Å²) in [6.45, 7) is 1.98. The largest absolute Gasteiger partial charge is 0.333 e. The van der Waals surface area contributed by atoms with E-state index >= 15 is 0 Å². The third-order valence-electron chi connectivity index (χ3n) is 3.02. The van der Waals surface area contributed by atoms with Crippen LogP contribution in [-0.4, -0.2) is 23.0 Å². The van der Waals surface area contributed by atoms with Crippen LogP contribution in [0.5, 0.6) is 0 Å². The Hall–Kier alpha value is -0.740. The van der Waals surface area contributed by atoms with Crippen LogP contribution in [-0.2, 0) is 0 Å². The van der Waals surface area contributed by atoms with E-state index in [-0.39, 0.29) is 5.91 Å². The molecule has 1 N–H and O–H groups in total. The normalized spacial score (nSPS) is 22.5. The zero-order valence-corrected chi connectivity index (χ0v) is 13.0. The molecule has 0 bridgehead atoms. The van der Waals surface area contributed by atoms with Crippen LogP contribution in [0.15, 0.2) is 18.2 Å². The number of amides is 1. The third-order valence-corrected chi connectivity index (χ3v) is 5.65. The number of rotatable bonds is 2. The van der Waals surface area contributed by atoms with Crippen molar-refractivity contribution in [3.05, 3.63) is 32.9 Å². The molecule has 1 aliphatic heterocycles. The smallest absolute Gasteiger partial charge is 0.253 e. The average molecular weight is 372 g/mol. The summed E-state index contributed by atoms with van der Waals surface area (Å²) >= 11 is 3.89. The highest BCUT2D eigenvalue weighted by Gasteiger charge is 2.36. The molecule has 1 heterocycles. The number of thioether (sulfide) groups is 1. The zero-order chi connectivity index (χ0) is 13.2. The number of carbonyl (C=O) groups is 1. The van der Waals surface area contributed by atoms with Crippen molar-refractivity contribution in [3.63, 3.8) is 0 Å². The van der Waals surface area contributed by atoms with Crippen molar-refractivity contribution in [3.8, 4) is 6.07 Å². The van der Waals surface area contributed by atoms with E-state index in [1.54, 1.807) is 17.8 Å². The van der Waals surface area contributed by atoms with E-state index in [1.165, 1.54) is 0 Å². The molecule has 0 spiro atoms. The minimum absolute atomic E-state index is 0.146. The molecule has 0 saturated carbocycles. The van der Waals surface area contributed by atoms with E-state index in [4.69, 9.17) is 0 Å². The predicted molar refractivity (Wildman–Crippen MR) is 81.6 cm³/mol. The molecule has 2 rings (SSSR count). The Kier molecular flexibility index (Phi) is 4.17. The summed E-state index contributed by atoms with van der Waals surface area (Å²) < 4.78 is 0.950. The first-order valence-electron chi connectivity index (χ1n) is 5.65. The second-order valence-corrected chi connectivity index (χ2v) is 6.57. The summed E-state index contributed by atoms with van der Waals surface area (Å²) in [5, 5.41) is 12.2. The maximum Gasteiger partial charge on any atom is 0.253 e. The highest BCUT2D eigenvalue weighted by molar-refractivity contribution is 14.1. The quantitative estimate of drug-likeness (QED) is 0.813. The molecule has 94 valence electrons. The molecule has 1 aromatic rings. The lowest BCUT2D eigenvalue weighted by Gasteiger charge is -2.21. The van der Waals surface area contributed by atoms with Crippen LogP contribution in [0.25, 0.3) is 0 Å². The van der Waals surface area contributed by atoms with Gasteiger partial charge in [-0.25, -0.2) is 0 Å². The summed E-state index contributed by atoms with van der Waals surface area (Å²) in [7, 11) is 0. The van der Waals surface area contributed by atoms with Gasteiger partial charge in [0.05, 0.1) is 11.6 Å². The number of nitriles is 1. The first-order valence-corrected chi connectivity index (χ1v) is 7.88. The maximum atomic E-state index is 12.3. The van der Waals surface area contributed by atoms with Gasteiger partial charge >= 0.3 is 0 Å². The van der Waals surface area contributed by atoms with Crippen molar-refractivity contribution >= 4 is 40.3 Å². The number of hydrogen-bond donors (Lipinski definition) is 1. The number of aryl methyl sites for hydroxylation is 1. The fourth-order valence-electron chi connectivity index (χ4n) is 1.89. The summed E-state index contributed by atoms with van der Waals surface area (Å²) in [6, 6.07) is 7.91. The van der Waals surface area contributed by atoms with E-state index in [1.807, 2.05) is 19.1 Å². The number of carbonyl (C=O) groups excluding carboxylic acids is 1. The van der Waals surface area contributed by atoms with E-state index in [2.05, 4.69) is 34.0 Å². The molecule has 18 heavy (non-hydrogen) atoms. The first kappa shape index (κ1) is 13.7. The second kappa shape index (κ2) is 5.49. The average Bonchev–Trinajstić information content (AvgIpc) is 2.81. The molecule has 1 amide bonds. The molecule has 3 nitrogen and oxygen atoms in total. The molecular formula is C13H13IN2OS. The van der Waals surface area contributed by atoms with Crippen LogP contribution >= 0.6 is 34.4 Å². The Morgan fingerprint density at radius 3 is 3.00 bits per heavy atom. The van der Waals surface area contributed by atoms with Crippen molar-refractivity contribution < 1.29 is 4.79 Å². The lowest BCUT2D eigenvalue weighted by atomic mass is 10.00. The summed E-state index contributed by atoms with van der Waals surface area (Å²) in [5.74, 6) is 1.46. The molecule has 1 atom stereocenters. The van der Waals surface area contributed by atoms with E-state index < -0.39 is 5.54 Å².